The average molecular weight is 182 g/mol. The Morgan fingerprint density at radius 3 is 2.69 bits per heavy atom. The van der Waals surface area contributed by atoms with Crippen LogP contribution in [0.4, 0.5) is 4.79 Å². The first-order valence-electron chi connectivity index (χ1n) is 5.22. The Morgan fingerprint density at radius 1 is 1.46 bits per heavy atom. The second-order valence-corrected chi connectivity index (χ2v) is 4.64. The lowest BCUT2D eigenvalue weighted by atomic mass is 9.84. The van der Waals surface area contributed by atoms with Gasteiger partial charge in [0.05, 0.1) is 0 Å². The van der Waals surface area contributed by atoms with Gasteiger partial charge in [-0.25, -0.2) is 4.79 Å². The number of fused-ring (bicyclic) bond motifs is 2. The highest BCUT2D eigenvalue weighted by Crippen LogP contribution is 2.49. The Hall–Kier alpha value is -0.730. The molecule has 0 aromatic carbocycles. The van der Waals surface area contributed by atoms with Crippen LogP contribution in [0.15, 0.2) is 0 Å². The van der Waals surface area contributed by atoms with Crippen molar-refractivity contribution in [3.05, 3.63) is 0 Å². The van der Waals surface area contributed by atoms with Crippen molar-refractivity contribution in [3.63, 3.8) is 0 Å². The van der Waals surface area contributed by atoms with Gasteiger partial charge in [0.15, 0.2) is 0 Å². The lowest BCUT2D eigenvalue weighted by Crippen LogP contribution is -2.42. The highest BCUT2D eigenvalue weighted by Gasteiger charge is 2.41. The van der Waals surface area contributed by atoms with Crippen LogP contribution >= 0.6 is 0 Å². The number of hydrogen-bond donors (Lipinski definition) is 2. The van der Waals surface area contributed by atoms with Gasteiger partial charge in [-0.2, -0.15) is 0 Å². The second kappa shape index (κ2) is 3.20. The summed E-state index contributed by atoms with van der Waals surface area (Å²) in [4.78, 5) is 10.7. The van der Waals surface area contributed by atoms with Crippen LogP contribution in [0.3, 0.4) is 0 Å². The Labute approximate surface area is 79.1 Å². The summed E-state index contributed by atoms with van der Waals surface area (Å²) in [6.07, 6.45) is 5.45. The normalized spacial score (nSPS) is 39.0. The van der Waals surface area contributed by atoms with Crippen LogP contribution in [0.5, 0.6) is 0 Å². The molecule has 0 aliphatic heterocycles. The van der Waals surface area contributed by atoms with Crippen LogP contribution in [0.1, 0.15) is 32.6 Å². The Bertz CT molecular complexity index is 217. The second-order valence-electron chi connectivity index (χ2n) is 4.64. The molecule has 4 atom stereocenters. The SMILES string of the molecule is C[C@H](NC(N)=O)[C@H]1C[C@H]2CC[C@H]1C2. The number of urea groups is 1. The summed E-state index contributed by atoms with van der Waals surface area (Å²) >= 11 is 0. The maximum absolute atomic E-state index is 10.7. The summed E-state index contributed by atoms with van der Waals surface area (Å²) in [5.74, 6) is 2.48. The van der Waals surface area contributed by atoms with Crippen LogP contribution in [0.25, 0.3) is 0 Å². The van der Waals surface area contributed by atoms with Crippen molar-refractivity contribution >= 4 is 6.03 Å². The summed E-state index contributed by atoms with van der Waals surface area (Å²) in [5, 5.41) is 2.81. The zero-order valence-corrected chi connectivity index (χ0v) is 8.12. The fourth-order valence-electron chi connectivity index (χ4n) is 3.24. The quantitative estimate of drug-likeness (QED) is 0.667. The van der Waals surface area contributed by atoms with Gasteiger partial charge in [-0.05, 0) is 43.9 Å². The van der Waals surface area contributed by atoms with Gasteiger partial charge in [-0.15, -0.1) is 0 Å². The molecule has 2 amide bonds. The van der Waals surface area contributed by atoms with Crippen LogP contribution in [0, 0.1) is 17.8 Å². The molecule has 3 heteroatoms. The molecule has 3 N–H and O–H groups in total. The van der Waals surface area contributed by atoms with Gasteiger partial charge >= 0.3 is 6.03 Å². The van der Waals surface area contributed by atoms with Crippen molar-refractivity contribution in [2.45, 2.75) is 38.6 Å². The van der Waals surface area contributed by atoms with Crippen LogP contribution in [-0.4, -0.2) is 12.1 Å². The zero-order valence-electron chi connectivity index (χ0n) is 8.12. The van der Waals surface area contributed by atoms with E-state index in [9.17, 15) is 4.79 Å². The van der Waals surface area contributed by atoms with E-state index in [2.05, 4.69) is 12.2 Å². The number of nitrogens with one attached hydrogen (secondary N) is 1. The van der Waals surface area contributed by atoms with Gasteiger partial charge in [-0.3, -0.25) is 0 Å². The van der Waals surface area contributed by atoms with E-state index in [0.29, 0.717) is 5.92 Å². The molecular formula is C10H18N2O. The molecule has 3 nitrogen and oxygen atoms in total. The minimum Gasteiger partial charge on any atom is -0.352 e. The van der Waals surface area contributed by atoms with Gasteiger partial charge in [0.2, 0.25) is 0 Å². The molecule has 0 spiro atoms. The molecule has 13 heavy (non-hydrogen) atoms. The van der Waals surface area contributed by atoms with E-state index in [-0.39, 0.29) is 12.1 Å². The Kier molecular flexibility index (Phi) is 2.18. The van der Waals surface area contributed by atoms with E-state index in [4.69, 9.17) is 5.73 Å². The first kappa shape index (κ1) is 8.85. The van der Waals surface area contributed by atoms with Crippen molar-refractivity contribution in [3.8, 4) is 0 Å². The van der Waals surface area contributed by atoms with Gasteiger partial charge in [0.1, 0.15) is 0 Å². The highest BCUT2D eigenvalue weighted by molar-refractivity contribution is 5.71. The highest BCUT2D eigenvalue weighted by atomic mass is 16.2. The number of rotatable bonds is 2. The van der Waals surface area contributed by atoms with Crippen LogP contribution in [0.2, 0.25) is 0 Å². The van der Waals surface area contributed by atoms with Crippen molar-refractivity contribution in [2.75, 3.05) is 0 Å². The summed E-state index contributed by atoms with van der Waals surface area (Å²) in [6.45, 7) is 2.08. The average Bonchev–Trinajstić information content (AvgIpc) is 2.62. The van der Waals surface area contributed by atoms with Crippen molar-refractivity contribution in [2.24, 2.45) is 23.5 Å². The third-order valence-electron chi connectivity index (χ3n) is 3.80. The van der Waals surface area contributed by atoms with Crippen molar-refractivity contribution < 1.29 is 4.79 Å². The largest absolute Gasteiger partial charge is 0.352 e. The van der Waals surface area contributed by atoms with E-state index in [1.807, 2.05) is 0 Å². The number of hydrogen-bond acceptors (Lipinski definition) is 1. The summed E-state index contributed by atoms with van der Waals surface area (Å²) in [5.41, 5.74) is 5.11. The lowest BCUT2D eigenvalue weighted by Gasteiger charge is -2.27. The van der Waals surface area contributed by atoms with Gasteiger partial charge < -0.3 is 11.1 Å². The maximum Gasteiger partial charge on any atom is 0.312 e. The summed E-state index contributed by atoms with van der Waals surface area (Å²) in [7, 11) is 0. The van der Waals surface area contributed by atoms with Crippen LogP contribution in [-0.2, 0) is 0 Å². The van der Waals surface area contributed by atoms with E-state index in [1.54, 1.807) is 0 Å². The van der Waals surface area contributed by atoms with Gasteiger partial charge in [0.25, 0.3) is 0 Å². The molecule has 2 saturated carbocycles. The third-order valence-corrected chi connectivity index (χ3v) is 3.80. The molecule has 2 aliphatic carbocycles. The smallest absolute Gasteiger partial charge is 0.312 e. The van der Waals surface area contributed by atoms with Crippen LogP contribution < -0.4 is 11.1 Å². The molecule has 0 heterocycles. The Balaban J connectivity index is 1.91. The molecule has 0 unspecified atom stereocenters. The number of nitrogens with two attached hydrogens (primary N) is 1. The molecule has 0 radical (unpaired) electrons. The molecule has 0 saturated heterocycles. The predicted molar refractivity (Wildman–Crippen MR) is 51.1 cm³/mol. The molecule has 2 aliphatic rings. The number of primary amides is 1. The number of carbonyl (C=O) groups excluding carboxylic acids is 1. The van der Waals surface area contributed by atoms with Crippen molar-refractivity contribution in [1.82, 2.24) is 5.32 Å². The van der Waals surface area contributed by atoms with E-state index < -0.39 is 0 Å². The predicted octanol–water partition coefficient (Wildman–Crippen LogP) is 1.48. The lowest BCUT2D eigenvalue weighted by molar-refractivity contribution is 0.227. The zero-order chi connectivity index (χ0) is 9.42. The Morgan fingerprint density at radius 2 is 2.23 bits per heavy atom. The molecule has 2 fully saturated rings. The van der Waals surface area contributed by atoms with E-state index in [1.165, 1.54) is 25.7 Å². The monoisotopic (exact) mass is 182 g/mol. The maximum atomic E-state index is 10.7. The van der Waals surface area contributed by atoms with Crippen molar-refractivity contribution in [1.29, 1.82) is 0 Å². The summed E-state index contributed by atoms with van der Waals surface area (Å²) in [6, 6.07) is -0.108. The first-order valence-corrected chi connectivity index (χ1v) is 5.22. The molecule has 2 bridgehead atoms. The fraction of sp³-hybridized carbons (Fsp3) is 0.900. The topological polar surface area (TPSA) is 55.1 Å². The fourth-order valence-corrected chi connectivity index (χ4v) is 3.24. The van der Waals surface area contributed by atoms with Gasteiger partial charge in [-0.1, -0.05) is 6.42 Å². The number of amides is 2. The molecule has 74 valence electrons. The van der Waals surface area contributed by atoms with E-state index >= 15 is 0 Å². The molecular weight excluding hydrogens is 164 g/mol. The minimum absolute atomic E-state index is 0.271. The molecule has 2 rings (SSSR count). The third kappa shape index (κ3) is 1.64. The summed E-state index contributed by atoms with van der Waals surface area (Å²) < 4.78 is 0. The standard InChI is InChI=1S/C10H18N2O/c1-6(12-10(11)13)9-5-7-2-3-8(9)4-7/h6-9H,2-5H2,1H3,(H3,11,12,13)/t6-,7-,8-,9+/m0/s1. The van der Waals surface area contributed by atoms with E-state index in [0.717, 1.165) is 11.8 Å². The van der Waals surface area contributed by atoms with Gasteiger partial charge in [0, 0.05) is 6.04 Å². The first-order chi connectivity index (χ1) is 6.16. The molecule has 0 aromatic rings. The molecule has 0 aromatic heterocycles. The number of carbonyl (C=O) groups is 1. The minimum atomic E-state index is -0.379.